The summed E-state index contributed by atoms with van der Waals surface area (Å²) in [7, 11) is 0. The molecule has 0 spiro atoms. The Morgan fingerprint density at radius 2 is 0.775 bits per heavy atom. The highest BCUT2D eigenvalue weighted by atomic mass is 14.8. The Kier molecular flexibility index (Phi) is 4.66. The highest BCUT2D eigenvalue weighted by Gasteiger charge is 2.37. The molecule has 2 aliphatic rings. The van der Waals surface area contributed by atoms with E-state index in [2.05, 4.69) is 125 Å². The fraction of sp³-hybridized carbons (Fsp3) is 0.158. The summed E-state index contributed by atoms with van der Waals surface area (Å²) in [5, 5.41) is 0. The third kappa shape index (κ3) is 3.11. The molecule has 6 aromatic rings. The molecule has 1 heterocycles. The maximum absolute atomic E-state index is 5.25. The van der Waals surface area contributed by atoms with Gasteiger partial charge in [0.1, 0.15) is 0 Å². The monoisotopic (exact) mass is 514 g/mol. The largest absolute Gasteiger partial charge is 0.244 e. The summed E-state index contributed by atoms with van der Waals surface area (Å²) in [6.07, 6.45) is 0. The van der Waals surface area contributed by atoms with E-state index in [9.17, 15) is 0 Å². The van der Waals surface area contributed by atoms with E-state index in [1.54, 1.807) is 0 Å². The van der Waals surface area contributed by atoms with Crippen LogP contribution in [0.1, 0.15) is 49.9 Å². The quantitative estimate of drug-likeness (QED) is 0.230. The van der Waals surface area contributed by atoms with Gasteiger partial charge in [0, 0.05) is 22.0 Å². The standard InChI is InChI=1S/C38H30N2/c1-37(2)29-13-7-5-11-25(29)27-19-17-23(21-31(27)37)35-36(40-34-16-10-9-15-33(34)39-35)24-18-20-28-26-12-6-8-14-30(26)38(3,4)32(28)22-24/h5-22H,1-4H3. The number of para-hydroxylation sites is 2. The minimum atomic E-state index is -0.0737. The molecular formula is C38H30N2. The van der Waals surface area contributed by atoms with E-state index in [1.165, 1.54) is 44.5 Å². The van der Waals surface area contributed by atoms with Gasteiger partial charge in [0.05, 0.1) is 22.4 Å². The number of aromatic nitrogens is 2. The van der Waals surface area contributed by atoms with Crippen LogP contribution in [0, 0.1) is 0 Å². The molecule has 2 aliphatic carbocycles. The first-order valence-corrected chi connectivity index (χ1v) is 14.1. The van der Waals surface area contributed by atoms with Crippen LogP contribution in [0.5, 0.6) is 0 Å². The number of rotatable bonds is 2. The van der Waals surface area contributed by atoms with Gasteiger partial charge >= 0.3 is 0 Å². The molecule has 5 aromatic carbocycles. The van der Waals surface area contributed by atoms with Gasteiger partial charge in [-0.2, -0.15) is 0 Å². The first kappa shape index (κ1) is 23.3. The molecule has 0 unspecified atom stereocenters. The van der Waals surface area contributed by atoms with E-state index in [0.717, 1.165) is 33.5 Å². The average Bonchev–Trinajstić information content (AvgIpc) is 3.36. The zero-order valence-corrected chi connectivity index (χ0v) is 23.3. The molecule has 8 rings (SSSR count). The van der Waals surface area contributed by atoms with Crippen LogP contribution in [0.4, 0.5) is 0 Å². The summed E-state index contributed by atoms with van der Waals surface area (Å²) >= 11 is 0. The smallest absolute Gasteiger partial charge is 0.0973 e. The second-order valence-corrected chi connectivity index (χ2v) is 12.3. The summed E-state index contributed by atoms with van der Waals surface area (Å²) in [6.45, 7) is 9.31. The maximum atomic E-state index is 5.25. The van der Waals surface area contributed by atoms with Crippen molar-refractivity contribution in [1.82, 2.24) is 9.97 Å². The van der Waals surface area contributed by atoms with Crippen LogP contribution >= 0.6 is 0 Å². The molecule has 0 saturated carbocycles. The van der Waals surface area contributed by atoms with Crippen LogP contribution in [0.25, 0.3) is 55.8 Å². The number of benzene rings is 5. The van der Waals surface area contributed by atoms with E-state index in [-0.39, 0.29) is 10.8 Å². The number of nitrogens with zero attached hydrogens (tertiary/aromatic N) is 2. The van der Waals surface area contributed by atoms with Gasteiger partial charge in [0.25, 0.3) is 0 Å². The van der Waals surface area contributed by atoms with Gasteiger partial charge in [0.15, 0.2) is 0 Å². The number of fused-ring (bicyclic) bond motifs is 7. The van der Waals surface area contributed by atoms with Crippen molar-refractivity contribution in [2.75, 3.05) is 0 Å². The molecule has 0 N–H and O–H groups in total. The van der Waals surface area contributed by atoms with E-state index in [1.807, 2.05) is 12.1 Å². The number of hydrogen-bond donors (Lipinski definition) is 0. The van der Waals surface area contributed by atoms with Crippen LogP contribution in [-0.4, -0.2) is 9.97 Å². The van der Waals surface area contributed by atoms with Gasteiger partial charge in [-0.05, 0) is 68.8 Å². The van der Waals surface area contributed by atoms with Crippen LogP contribution in [0.15, 0.2) is 109 Å². The molecule has 2 nitrogen and oxygen atoms in total. The second-order valence-electron chi connectivity index (χ2n) is 12.3. The minimum absolute atomic E-state index is 0.0737. The number of hydrogen-bond acceptors (Lipinski definition) is 2. The van der Waals surface area contributed by atoms with E-state index in [0.29, 0.717) is 0 Å². The molecule has 192 valence electrons. The lowest BCUT2D eigenvalue weighted by Gasteiger charge is -2.23. The Morgan fingerprint density at radius 3 is 1.23 bits per heavy atom. The predicted octanol–water partition coefficient (Wildman–Crippen LogP) is 9.58. The summed E-state index contributed by atoms with van der Waals surface area (Å²) < 4.78 is 0. The van der Waals surface area contributed by atoms with Crippen molar-refractivity contribution in [2.45, 2.75) is 38.5 Å². The molecule has 0 amide bonds. The zero-order chi connectivity index (χ0) is 27.2. The van der Waals surface area contributed by atoms with Gasteiger partial charge in [-0.15, -0.1) is 0 Å². The molecule has 0 fully saturated rings. The van der Waals surface area contributed by atoms with Gasteiger partial charge in [0.2, 0.25) is 0 Å². The van der Waals surface area contributed by atoms with Crippen molar-refractivity contribution in [2.24, 2.45) is 0 Å². The third-order valence-electron chi connectivity index (χ3n) is 9.28. The first-order chi connectivity index (χ1) is 19.3. The van der Waals surface area contributed by atoms with Crippen molar-refractivity contribution in [1.29, 1.82) is 0 Å². The van der Waals surface area contributed by atoms with Gasteiger partial charge in [-0.25, -0.2) is 9.97 Å². The Bertz CT molecular complexity index is 1870. The van der Waals surface area contributed by atoms with E-state index >= 15 is 0 Å². The van der Waals surface area contributed by atoms with Crippen LogP contribution in [-0.2, 0) is 10.8 Å². The van der Waals surface area contributed by atoms with Crippen molar-refractivity contribution >= 4 is 11.0 Å². The Labute approximate surface area is 235 Å². The van der Waals surface area contributed by atoms with E-state index < -0.39 is 0 Å². The normalized spacial score (nSPS) is 15.4. The molecular weight excluding hydrogens is 484 g/mol. The summed E-state index contributed by atoms with van der Waals surface area (Å²) in [5.74, 6) is 0. The maximum Gasteiger partial charge on any atom is 0.0973 e. The summed E-state index contributed by atoms with van der Waals surface area (Å²) in [4.78, 5) is 10.5. The lowest BCUT2D eigenvalue weighted by atomic mass is 9.81. The van der Waals surface area contributed by atoms with Crippen molar-refractivity contribution in [3.05, 3.63) is 131 Å². The minimum Gasteiger partial charge on any atom is -0.244 e. The molecule has 0 bridgehead atoms. The second kappa shape index (κ2) is 7.99. The van der Waals surface area contributed by atoms with Crippen LogP contribution in [0.2, 0.25) is 0 Å². The average molecular weight is 515 g/mol. The molecule has 0 radical (unpaired) electrons. The predicted molar refractivity (Wildman–Crippen MR) is 166 cm³/mol. The SMILES string of the molecule is CC1(C)c2ccccc2-c2ccc(-c3nc4ccccc4nc3-c3ccc4c(c3)C(C)(C)c3ccccc3-4)cc21. The van der Waals surface area contributed by atoms with Crippen molar-refractivity contribution in [3.63, 3.8) is 0 Å². The Balaban J connectivity index is 1.35. The summed E-state index contributed by atoms with van der Waals surface area (Å²) in [5.41, 5.74) is 16.5. The zero-order valence-electron chi connectivity index (χ0n) is 23.3. The summed E-state index contributed by atoms with van der Waals surface area (Å²) in [6, 6.07) is 39.5. The van der Waals surface area contributed by atoms with Crippen molar-refractivity contribution in [3.8, 4) is 44.8 Å². The van der Waals surface area contributed by atoms with Crippen LogP contribution in [0.3, 0.4) is 0 Å². The van der Waals surface area contributed by atoms with Gasteiger partial charge < -0.3 is 0 Å². The fourth-order valence-corrected chi connectivity index (χ4v) is 7.11. The van der Waals surface area contributed by atoms with Gasteiger partial charge in [-0.3, -0.25) is 0 Å². The molecule has 2 heteroatoms. The first-order valence-electron chi connectivity index (χ1n) is 14.1. The van der Waals surface area contributed by atoms with Gasteiger partial charge in [-0.1, -0.05) is 113 Å². The van der Waals surface area contributed by atoms with E-state index in [4.69, 9.17) is 9.97 Å². The Hall–Kier alpha value is -4.56. The topological polar surface area (TPSA) is 25.8 Å². The fourth-order valence-electron chi connectivity index (χ4n) is 7.11. The molecule has 0 atom stereocenters. The van der Waals surface area contributed by atoms with Crippen LogP contribution < -0.4 is 0 Å². The molecule has 1 aromatic heterocycles. The lowest BCUT2D eigenvalue weighted by Crippen LogP contribution is -2.15. The van der Waals surface area contributed by atoms with Crippen molar-refractivity contribution < 1.29 is 0 Å². The highest BCUT2D eigenvalue weighted by Crippen LogP contribution is 2.51. The molecule has 0 saturated heterocycles. The molecule has 40 heavy (non-hydrogen) atoms. The Morgan fingerprint density at radius 1 is 0.400 bits per heavy atom. The lowest BCUT2D eigenvalue weighted by molar-refractivity contribution is 0.660. The molecule has 0 aliphatic heterocycles. The highest BCUT2D eigenvalue weighted by molar-refractivity contribution is 5.91. The third-order valence-corrected chi connectivity index (χ3v) is 9.28.